The van der Waals surface area contributed by atoms with E-state index in [1.54, 1.807) is 24.4 Å². The zero-order chi connectivity index (χ0) is 18.4. The summed E-state index contributed by atoms with van der Waals surface area (Å²) >= 11 is 6.16. The van der Waals surface area contributed by atoms with Crippen molar-refractivity contribution in [3.05, 3.63) is 106 Å². The van der Waals surface area contributed by atoms with E-state index in [-0.39, 0.29) is 11.5 Å². The van der Waals surface area contributed by atoms with Crippen LogP contribution in [0.5, 0.6) is 0 Å². The van der Waals surface area contributed by atoms with Gasteiger partial charge in [0.25, 0.3) is 5.56 Å². The Labute approximate surface area is 156 Å². The minimum absolute atomic E-state index is 0.164. The van der Waals surface area contributed by atoms with Crippen molar-refractivity contribution in [3.8, 4) is 0 Å². The van der Waals surface area contributed by atoms with Gasteiger partial charge in [-0.1, -0.05) is 60.1 Å². The van der Waals surface area contributed by atoms with E-state index >= 15 is 0 Å². The Morgan fingerprint density at radius 2 is 1.73 bits per heavy atom. The van der Waals surface area contributed by atoms with E-state index in [9.17, 15) is 9.59 Å². The number of aromatic nitrogens is 1. The number of benzene rings is 2. The normalized spacial score (nSPS) is 10.8. The van der Waals surface area contributed by atoms with Gasteiger partial charge in [-0.25, -0.2) is 0 Å². The van der Waals surface area contributed by atoms with Crippen LogP contribution in [0.2, 0.25) is 5.02 Å². The van der Waals surface area contributed by atoms with Crippen molar-refractivity contribution in [2.24, 2.45) is 0 Å². The zero-order valence-corrected chi connectivity index (χ0v) is 14.7. The zero-order valence-electron chi connectivity index (χ0n) is 13.9. The second kappa shape index (κ2) is 8.32. The van der Waals surface area contributed by atoms with Gasteiger partial charge in [-0.2, -0.15) is 0 Å². The van der Waals surface area contributed by atoms with Crippen molar-refractivity contribution in [3.63, 3.8) is 0 Å². The molecule has 130 valence electrons. The van der Waals surface area contributed by atoms with Crippen LogP contribution < -0.4 is 10.9 Å². The van der Waals surface area contributed by atoms with E-state index in [1.807, 2.05) is 48.5 Å². The smallest absolute Gasteiger partial charge is 0.250 e. The van der Waals surface area contributed by atoms with Crippen LogP contribution in [0.15, 0.2) is 83.8 Å². The van der Waals surface area contributed by atoms with Gasteiger partial charge in [0.1, 0.15) is 0 Å². The molecule has 0 bridgehead atoms. The summed E-state index contributed by atoms with van der Waals surface area (Å²) < 4.78 is 1.51. The first-order valence-electron chi connectivity index (χ1n) is 8.10. The molecule has 2 aromatic carbocycles. The van der Waals surface area contributed by atoms with Crippen molar-refractivity contribution in [1.29, 1.82) is 0 Å². The maximum atomic E-state index is 12.1. The predicted octanol–water partition coefficient (Wildman–Crippen LogP) is 4.20. The molecule has 26 heavy (non-hydrogen) atoms. The van der Waals surface area contributed by atoms with Gasteiger partial charge >= 0.3 is 0 Å². The third-order valence-electron chi connectivity index (χ3n) is 3.78. The number of halogens is 1. The molecule has 0 aliphatic rings. The van der Waals surface area contributed by atoms with Crippen molar-refractivity contribution in [1.82, 2.24) is 4.57 Å². The van der Waals surface area contributed by atoms with Crippen molar-refractivity contribution in [2.45, 2.75) is 6.54 Å². The fourth-order valence-corrected chi connectivity index (χ4v) is 2.65. The maximum Gasteiger partial charge on any atom is 0.250 e. The van der Waals surface area contributed by atoms with E-state index in [4.69, 9.17) is 11.6 Å². The standard InChI is InChI=1S/C21H17ClN2O2/c22-19-9-5-4-8-17(19)14-24-15-18(11-13-21(24)26)23-20(25)12-10-16-6-2-1-3-7-16/h1-13,15H,14H2,(H,23,25). The van der Waals surface area contributed by atoms with Crippen LogP contribution in [0.25, 0.3) is 6.08 Å². The van der Waals surface area contributed by atoms with Gasteiger partial charge in [0.15, 0.2) is 0 Å². The van der Waals surface area contributed by atoms with Gasteiger partial charge < -0.3 is 9.88 Å². The number of carbonyl (C=O) groups excluding carboxylic acids is 1. The average Bonchev–Trinajstić information content (AvgIpc) is 2.65. The van der Waals surface area contributed by atoms with Crippen molar-refractivity contribution < 1.29 is 4.79 Å². The molecule has 1 aromatic heterocycles. The molecule has 1 heterocycles. The first-order chi connectivity index (χ1) is 12.6. The summed E-state index contributed by atoms with van der Waals surface area (Å²) in [5, 5.41) is 3.36. The van der Waals surface area contributed by atoms with Gasteiger partial charge in [0.05, 0.1) is 12.2 Å². The highest BCUT2D eigenvalue weighted by Gasteiger charge is 2.05. The summed E-state index contributed by atoms with van der Waals surface area (Å²) in [7, 11) is 0. The van der Waals surface area contributed by atoms with E-state index in [0.29, 0.717) is 17.3 Å². The van der Waals surface area contributed by atoms with Crippen LogP contribution in [0.4, 0.5) is 5.69 Å². The second-order valence-corrected chi connectivity index (χ2v) is 6.12. The Hall–Kier alpha value is -3.11. The number of anilines is 1. The monoisotopic (exact) mass is 364 g/mol. The lowest BCUT2D eigenvalue weighted by Crippen LogP contribution is -2.20. The summed E-state index contributed by atoms with van der Waals surface area (Å²) in [6.45, 7) is 0.335. The molecule has 0 aliphatic carbocycles. The van der Waals surface area contributed by atoms with Gasteiger partial charge in [0.2, 0.25) is 5.91 Å². The first-order valence-corrected chi connectivity index (χ1v) is 8.47. The highest BCUT2D eigenvalue weighted by Crippen LogP contribution is 2.16. The third-order valence-corrected chi connectivity index (χ3v) is 4.14. The Balaban J connectivity index is 1.73. The molecule has 1 N–H and O–H groups in total. The Morgan fingerprint density at radius 3 is 2.50 bits per heavy atom. The van der Waals surface area contributed by atoms with Gasteiger partial charge in [-0.15, -0.1) is 0 Å². The number of hydrogen-bond donors (Lipinski definition) is 1. The van der Waals surface area contributed by atoms with Crippen LogP contribution in [0, 0.1) is 0 Å². The molecule has 3 aromatic rings. The Bertz CT molecular complexity index is 994. The highest BCUT2D eigenvalue weighted by molar-refractivity contribution is 6.31. The summed E-state index contributed by atoms with van der Waals surface area (Å²) in [6, 6.07) is 19.9. The Kier molecular flexibility index (Phi) is 5.66. The molecule has 0 fully saturated rings. The fourth-order valence-electron chi connectivity index (χ4n) is 2.46. The Morgan fingerprint density at radius 1 is 1.00 bits per heavy atom. The number of carbonyl (C=O) groups is 1. The summed E-state index contributed by atoms with van der Waals surface area (Å²) in [5.41, 5.74) is 2.15. The van der Waals surface area contributed by atoms with E-state index in [1.165, 1.54) is 16.7 Å². The summed E-state index contributed by atoms with van der Waals surface area (Å²) in [4.78, 5) is 24.2. The molecule has 0 radical (unpaired) electrons. The number of hydrogen-bond acceptors (Lipinski definition) is 2. The van der Waals surface area contributed by atoms with Gasteiger partial charge in [-0.05, 0) is 29.3 Å². The number of nitrogens with zero attached hydrogens (tertiary/aromatic N) is 1. The minimum atomic E-state index is -0.267. The largest absolute Gasteiger partial charge is 0.321 e. The summed E-state index contributed by atoms with van der Waals surface area (Å²) in [5.74, 6) is -0.267. The molecule has 5 heteroatoms. The molecule has 3 rings (SSSR count). The van der Waals surface area contributed by atoms with E-state index in [2.05, 4.69) is 5.32 Å². The minimum Gasteiger partial charge on any atom is -0.321 e. The lowest BCUT2D eigenvalue weighted by molar-refractivity contribution is -0.111. The molecule has 4 nitrogen and oxygen atoms in total. The van der Waals surface area contributed by atoms with Crippen LogP contribution in [0.1, 0.15) is 11.1 Å². The number of rotatable bonds is 5. The van der Waals surface area contributed by atoms with Gasteiger partial charge in [-0.3, -0.25) is 9.59 Å². The lowest BCUT2D eigenvalue weighted by atomic mass is 10.2. The molecular weight excluding hydrogens is 348 g/mol. The maximum absolute atomic E-state index is 12.1. The molecule has 0 unspecified atom stereocenters. The molecule has 0 aliphatic heterocycles. The van der Waals surface area contributed by atoms with Crippen molar-refractivity contribution >= 4 is 29.3 Å². The topological polar surface area (TPSA) is 51.1 Å². The molecule has 0 atom stereocenters. The number of amides is 1. The van der Waals surface area contributed by atoms with Crippen LogP contribution in [-0.2, 0) is 11.3 Å². The number of nitrogens with one attached hydrogen (secondary N) is 1. The van der Waals surface area contributed by atoms with Crippen LogP contribution >= 0.6 is 11.6 Å². The fraction of sp³-hybridized carbons (Fsp3) is 0.0476. The predicted molar refractivity (Wildman–Crippen MR) is 105 cm³/mol. The number of pyridine rings is 1. The molecule has 0 saturated heterocycles. The molecule has 0 saturated carbocycles. The lowest BCUT2D eigenvalue weighted by Gasteiger charge is -2.10. The molecule has 0 spiro atoms. The van der Waals surface area contributed by atoms with E-state index in [0.717, 1.165) is 11.1 Å². The van der Waals surface area contributed by atoms with Crippen LogP contribution in [-0.4, -0.2) is 10.5 Å². The SMILES string of the molecule is O=C(C=Cc1ccccc1)Nc1ccc(=O)n(Cc2ccccc2Cl)c1. The van der Waals surface area contributed by atoms with Crippen molar-refractivity contribution in [2.75, 3.05) is 5.32 Å². The molecule has 1 amide bonds. The van der Waals surface area contributed by atoms with E-state index < -0.39 is 0 Å². The third kappa shape index (κ3) is 4.71. The summed E-state index contributed by atoms with van der Waals surface area (Å²) in [6.07, 6.45) is 4.80. The van der Waals surface area contributed by atoms with Crippen LogP contribution in [0.3, 0.4) is 0 Å². The quantitative estimate of drug-likeness (QED) is 0.690. The average molecular weight is 365 g/mol. The van der Waals surface area contributed by atoms with Gasteiger partial charge in [0, 0.05) is 23.4 Å². The molecular formula is C21H17ClN2O2. The first kappa shape index (κ1) is 17.7. The second-order valence-electron chi connectivity index (χ2n) is 5.71. The highest BCUT2D eigenvalue weighted by atomic mass is 35.5.